The number of hydrogen-bond donors (Lipinski definition) is 2. The van der Waals surface area contributed by atoms with Crippen LogP contribution >= 0.6 is 11.8 Å². The van der Waals surface area contributed by atoms with Crippen molar-refractivity contribution in [1.82, 2.24) is 4.90 Å². The third kappa shape index (κ3) is 4.49. The number of nitro groups is 1. The van der Waals surface area contributed by atoms with Crippen molar-refractivity contribution in [3.63, 3.8) is 0 Å². The lowest BCUT2D eigenvalue weighted by Crippen LogP contribution is -2.36. The molecule has 0 aromatic heterocycles. The van der Waals surface area contributed by atoms with Crippen LogP contribution in [0.4, 0.5) is 16.2 Å². The monoisotopic (exact) mass is 427 g/mol. The van der Waals surface area contributed by atoms with E-state index >= 15 is 0 Å². The van der Waals surface area contributed by atoms with Gasteiger partial charge in [-0.25, -0.2) is 0 Å². The van der Waals surface area contributed by atoms with Crippen LogP contribution in [-0.2, 0) is 9.59 Å². The van der Waals surface area contributed by atoms with Crippen molar-refractivity contribution in [2.45, 2.75) is 13.8 Å². The van der Waals surface area contributed by atoms with Crippen LogP contribution in [0, 0.1) is 24.0 Å². The molecule has 0 aliphatic carbocycles. The van der Waals surface area contributed by atoms with Crippen LogP contribution in [-0.4, -0.2) is 38.5 Å². The van der Waals surface area contributed by atoms with Crippen molar-refractivity contribution in [2.75, 3.05) is 11.9 Å². The Morgan fingerprint density at radius 3 is 2.67 bits per heavy atom. The van der Waals surface area contributed by atoms with E-state index in [2.05, 4.69) is 5.32 Å². The van der Waals surface area contributed by atoms with E-state index in [1.54, 1.807) is 6.07 Å². The number of phenolic OH excluding ortho intramolecular Hbond substituents is 1. The van der Waals surface area contributed by atoms with Gasteiger partial charge in [-0.2, -0.15) is 0 Å². The minimum Gasteiger partial charge on any atom is -0.502 e. The fraction of sp³-hybridized carbons (Fsp3) is 0.150. The summed E-state index contributed by atoms with van der Waals surface area (Å²) in [6.45, 7) is 3.25. The van der Waals surface area contributed by atoms with Crippen molar-refractivity contribution in [3.05, 3.63) is 68.1 Å². The summed E-state index contributed by atoms with van der Waals surface area (Å²) in [5.74, 6) is -1.70. The van der Waals surface area contributed by atoms with E-state index in [-0.39, 0.29) is 10.5 Å². The molecule has 9 nitrogen and oxygen atoms in total. The van der Waals surface area contributed by atoms with E-state index < -0.39 is 40.0 Å². The van der Waals surface area contributed by atoms with Crippen molar-refractivity contribution in [1.29, 1.82) is 0 Å². The molecule has 0 bridgehead atoms. The predicted octanol–water partition coefficient (Wildman–Crippen LogP) is 3.59. The molecule has 1 fully saturated rings. The van der Waals surface area contributed by atoms with Crippen molar-refractivity contribution in [2.24, 2.45) is 0 Å². The molecular formula is C20H17N3O6S. The van der Waals surface area contributed by atoms with E-state index in [9.17, 15) is 29.6 Å². The predicted molar refractivity (Wildman–Crippen MR) is 112 cm³/mol. The fourth-order valence-corrected chi connectivity index (χ4v) is 3.61. The standard InChI is InChI=1S/C20H17N3O6S/c1-11-3-4-12(2)14(7-11)21-18(25)10-22-19(26)17(30-20(22)27)9-13-5-6-16(24)15(8-13)23(28)29/h3-9,24H,10H2,1-2H3,(H,21,25)/b17-9+. The molecule has 2 N–H and O–H groups in total. The molecule has 1 heterocycles. The Balaban J connectivity index is 1.75. The van der Waals surface area contributed by atoms with Crippen molar-refractivity contribution >= 4 is 46.3 Å². The number of hydrogen-bond acceptors (Lipinski definition) is 7. The van der Waals surface area contributed by atoms with E-state index in [1.807, 2.05) is 26.0 Å². The van der Waals surface area contributed by atoms with Gasteiger partial charge in [-0.15, -0.1) is 0 Å². The number of rotatable bonds is 5. The number of nitrogens with one attached hydrogen (secondary N) is 1. The lowest BCUT2D eigenvalue weighted by Gasteiger charge is -2.14. The summed E-state index contributed by atoms with van der Waals surface area (Å²) >= 11 is 0.635. The van der Waals surface area contributed by atoms with Gasteiger partial charge in [0.1, 0.15) is 6.54 Å². The number of nitrogens with zero attached hydrogens (tertiary/aromatic N) is 2. The SMILES string of the molecule is Cc1ccc(C)c(NC(=O)CN2C(=O)S/C(=C/c3ccc(O)c([N+](=O)[O-])c3)C2=O)c1. The van der Waals surface area contributed by atoms with Crippen LogP contribution in [0.3, 0.4) is 0 Å². The topological polar surface area (TPSA) is 130 Å². The van der Waals surface area contributed by atoms with Gasteiger partial charge < -0.3 is 10.4 Å². The summed E-state index contributed by atoms with van der Waals surface area (Å²) in [6.07, 6.45) is 1.31. The third-order valence-corrected chi connectivity index (χ3v) is 5.24. The molecule has 0 radical (unpaired) electrons. The highest BCUT2D eigenvalue weighted by Crippen LogP contribution is 2.34. The smallest absolute Gasteiger partial charge is 0.311 e. The number of carbonyl (C=O) groups is 3. The molecule has 1 saturated heterocycles. The third-order valence-electron chi connectivity index (χ3n) is 4.34. The lowest BCUT2D eigenvalue weighted by atomic mass is 10.1. The second kappa shape index (κ2) is 8.37. The Bertz CT molecular complexity index is 1110. The highest BCUT2D eigenvalue weighted by atomic mass is 32.2. The molecule has 3 rings (SSSR count). The largest absolute Gasteiger partial charge is 0.502 e. The maximum atomic E-state index is 12.6. The summed E-state index contributed by atoms with van der Waals surface area (Å²) in [5, 5.41) is 22.5. The maximum Gasteiger partial charge on any atom is 0.311 e. The van der Waals surface area contributed by atoms with Crippen LogP contribution in [0.25, 0.3) is 6.08 Å². The molecule has 2 aromatic carbocycles. The van der Waals surface area contributed by atoms with E-state index in [0.29, 0.717) is 17.4 Å². The van der Waals surface area contributed by atoms with Crippen molar-refractivity contribution in [3.8, 4) is 5.75 Å². The number of carbonyl (C=O) groups excluding carboxylic acids is 3. The van der Waals surface area contributed by atoms with Crippen LogP contribution in [0.1, 0.15) is 16.7 Å². The zero-order valence-electron chi connectivity index (χ0n) is 16.0. The summed E-state index contributed by atoms with van der Waals surface area (Å²) in [5.41, 5.74) is 2.14. The average molecular weight is 427 g/mol. The number of benzene rings is 2. The number of thioether (sulfide) groups is 1. The van der Waals surface area contributed by atoms with Crippen LogP contribution in [0.5, 0.6) is 5.75 Å². The Morgan fingerprint density at radius 2 is 1.97 bits per heavy atom. The Hall–Kier alpha value is -3.66. The first kappa shape index (κ1) is 21.1. The fourth-order valence-electron chi connectivity index (χ4n) is 2.77. The van der Waals surface area contributed by atoms with E-state index in [4.69, 9.17) is 0 Å². The van der Waals surface area contributed by atoms with Gasteiger partial charge in [-0.3, -0.25) is 29.4 Å². The van der Waals surface area contributed by atoms with Gasteiger partial charge in [0.2, 0.25) is 5.91 Å². The van der Waals surface area contributed by atoms with Gasteiger partial charge in [0.25, 0.3) is 11.1 Å². The van der Waals surface area contributed by atoms with E-state index in [1.165, 1.54) is 12.1 Å². The highest BCUT2D eigenvalue weighted by molar-refractivity contribution is 8.18. The number of anilines is 1. The lowest BCUT2D eigenvalue weighted by molar-refractivity contribution is -0.385. The number of nitro benzene ring substituents is 1. The molecule has 1 aliphatic heterocycles. The summed E-state index contributed by atoms with van der Waals surface area (Å²) in [4.78, 5) is 48.2. The first-order valence-corrected chi connectivity index (χ1v) is 9.57. The van der Waals surface area contributed by atoms with Crippen LogP contribution < -0.4 is 5.32 Å². The minimum atomic E-state index is -0.754. The molecule has 0 atom stereocenters. The quantitative estimate of drug-likeness (QED) is 0.424. The zero-order chi connectivity index (χ0) is 22.0. The van der Waals surface area contributed by atoms with Crippen LogP contribution in [0.2, 0.25) is 0 Å². The number of imide groups is 1. The number of aryl methyl sites for hydroxylation is 2. The van der Waals surface area contributed by atoms with Gasteiger partial charge >= 0.3 is 5.69 Å². The zero-order valence-corrected chi connectivity index (χ0v) is 16.9. The van der Waals surface area contributed by atoms with Gasteiger partial charge in [0, 0.05) is 11.8 Å². The molecule has 30 heavy (non-hydrogen) atoms. The van der Waals surface area contributed by atoms with Gasteiger partial charge in [-0.1, -0.05) is 18.2 Å². The van der Waals surface area contributed by atoms with Gasteiger partial charge in [0.05, 0.1) is 9.83 Å². The average Bonchev–Trinajstić information content (AvgIpc) is 2.93. The molecular weight excluding hydrogens is 410 g/mol. The van der Waals surface area contributed by atoms with E-state index in [0.717, 1.165) is 28.2 Å². The molecule has 2 aromatic rings. The van der Waals surface area contributed by atoms with Gasteiger partial charge in [0.15, 0.2) is 5.75 Å². The van der Waals surface area contributed by atoms with Gasteiger partial charge in [-0.05, 0) is 60.5 Å². The summed E-state index contributed by atoms with van der Waals surface area (Å²) in [6, 6.07) is 9.15. The first-order valence-electron chi connectivity index (χ1n) is 8.75. The number of phenols is 1. The number of amides is 3. The number of aromatic hydroxyl groups is 1. The first-order chi connectivity index (χ1) is 14.2. The highest BCUT2D eigenvalue weighted by Gasteiger charge is 2.36. The molecule has 0 saturated carbocycles. The minimum absolute atomic E-state index is 0.0273. The molecule has 3 amide bonds. The Labute approximate surface area is 175 Å². The normalized spacial score (nSPS) is 15.0. The summed E-state index contributed by atoms with van der Waals surface area (Å²) < 4.78 is 0. The molecule has 0 spiro atoms. The molecule has 154 valence electrons. The molecule has 10 heteroatoms. The molecule has 1 aliphatic rings. The second-order valence-corrected chi connectivity index (χ2v) is 7.63. The maximum absolute atomic E-state index is 12.6. The molecule has 0 unspecified atom stereocenters. The Kier molecular flexibility index (Phi) is 5.88. The second-order valence-electron chi connectivity index (χ2n) is 6.64. The van der Waals surface area contributed by atoms with Crippen molar-refractivity contribution < 1.29 is 24.4 Å². The Morgan fingerprint density at radius 1 is 1.23 bits per heavy atom. The summed E-state index contributed by atoms with van der Waals surface area (Å²) in [7, 11) is 0. The van der Waals surface area contributed by atoms with Crippen LogP contribution in [0.15, 0.2) is 41.3 Å².